The van der Waals surface area contributed by atoms with Crippen molar-refractivity contribution < 1.29 is 42.2 Å². The number of nitrogens with zero attached hydrogens (tertiary/aromatic N) is 2. The third-order valence-corrected chi connectivity index (χ3v) is 4.41. The van der Waals surface area contributed by atoms with Crippen LogP contribution < -0.4 is 10.6 Å². The molecule has 33 heavy (non-hydrogen) atoms. The molecule has 2 amide bonds. The number of ether oxygens (including phenoxy) is 1. The van der Waals surface area contributed by atoms with Crippen molar-refractivity contribution in [2.45, 2.75) is 18.6 Å². The molecule has 12 heteroatoms. The second-order valence-corrected chi connectivity index (χ2v) is 6.62. The number of anilines is 1. The van der Waals surface area contributed by atoms with E-state index in [-0.39, 0.29) is 17.5 Å². The van der Waals surface area contributed by atoms with Gasteiger partial charge in [-0.2, -0.15) is 18.4 Å². The van der Waals surface area contributed by atoms with Gasteiger partial charge < -0.3 is 15.6 Å². The maximum Gasteiger partial charge on any atom is 0.490 e. The summed E-state index contributed by atoms with van der Waals surface area (Å²) in [6.45, 7) is 0. The molecule has 1 atom stereocenters. The van der Waals surface area contributed by atoms with Crippen LogP contribution in [0.4, 0.5) is 18.9 Å². The molecule has 0 spiro atoms. The summed E-state index contributed by atoms with van der Waals surface area (Å²) in [5.74, 6) is -4.18. The standard InChI is InChI=1S/C19H15N3O4.C2HF3O2/c1-26-19(25)16(21)9-11-2-5-13(6-3-11)22-17(23)14-7-4-12(10-20)8-15(14)18(22)24;3-2(4,5)1(6)7/h2-8,16H,9,21H2,1H3;(H,6,7)/t16-;/m0./s1. The SMILES string of the molecule is COC(=O)[C@@H](N)Cc1ccc(N2C(=O)c3ccc(C#N)cc3C2=O)cc1.O=C(O)C(F)(F)F. The van der Waals surface area contributed by atoms with E-state index < -0.39 is 36.0 Å². The van der Waals surface area contributed by atoms with Gasteiger partial charge in [0.05, 0.1) is 35.6 Å². The van der Waals surface area contributed by atoms with E-state index in [1.165, 1.54) is 25.3 Å². The van der Waals surface area contributed by atoms with Crippen molar-refractivity contribution in [1.29, 1.82) is 5.26 Å². The lowest BCUT2D eigenvalue weighted by molar-refractivity contribution is -0.192. The fourth-order valence-corrected chi connectivity index (χ4v) is 2.81. The predicted molar refractivity (Wildman–Crippen MR) is 106 cm³/mol. The molecular weight excluding hydrogens is 447 g/mol. The first-order valence-corrected chi connectivity index (χ1v) is 9.06. The Morgan fingerprint density at radius 1 is 1.12 bits per heavy atom. The Kier molecular flexibility index (Phi) is 7.52. The molecule has 0 aromatic heterocycles. The molecule has 2 aromatic carbocycles. The van der Waals surface area contributed by atoms with E-state index in [1.54, 1.807) is 24.3 Å². The zero-order chi connectivity index (χ0) is 24.9. The lowest BCUT2D eigenvalue weighted by atomic mass is 10.1. The molecule has 3 rings (SSSR count). The maximum absolute atomic E-state index is 12.6. The van der Waals surface area contributed by atoms with Gasteiger partial charge in [-0.3, -0.25) is 14.4 Å². The lowest BCUT2D eigenvalue weighted by Gasteiger charge is -2.15. The Labute approximate surface area is 184 Å². The normalized spacial score (nSPS) is 13.4. The molecule has 0 radical (unpaired) electrons. The first-order valence-electron chi connectivity index (χ1n) is 9.06. The fraction of sp³-hybridized carbons (Fsp3) is 0.190. The molecule has 0 bridgehead atoms. The molecule has 1 aliphatic rings. The number of carbonyl (C=O) groups excluding carboxylic acids is 3. The number of carbonyl (C=O) groups is 4. The number of alkyl halides is 3. The molecule has 0 saturated carbocycles. The summed E-state index contributed by atoms with van der Waals surface area (Å²) in [5, 5.41) is 16.1. The molecule has 0 aliphatic carbocycles. The number of nitriles is 1. The van der Waals surface area contributed by atoms with Crippen LogP contribution in [-0.2, 0) is 20.7 Å². The summed E-state index contributed by atoms with van der Waals surface area (Å²) < 4.78 is 36.3. The topological polar surface area (TPSA) is 151 Å². The molecule has 0 fully saturated rings. The highest BCUT2D eigenvalue weighted by Crippen LogP contribution is 2.29. The molecule has 0 unspecified atom stereocenters. The van der Waals surface area contributed by atoms with Crippen LogP contribution in [0.2, 0.25) is 0 Å². The number of esters is 1. The highest BCUT2D eigenvalue weighted by molar-refractivity contribution is 6.34. The van der Waals surface area contributed by atoms with Crippen molar-refractivity contribution in [3.05, 3.63) is 64.7 Å². The smallest absolute Gasteiger partial charge is 0.475 e. The van der Waals surface area contributed by atoms with Crippen molar-refractivity contribution in [3.8, 4) is 6.07 Å². The van der Waals surface area contributed by atoms with E-state index in [0.29, 0.717) is 11.3 Å². The van der Waals surface area contributed by atoms with Gasteiger partial charge in [-0.15, -0.1) is 0 Å². The van der Waals surface area contributed by atoms with Crippen LogP contribution >= 0.6 is 0 Å². The van der Waals surface area contributed by atoms with Gasteiger partial charge in [0.1, 0.15) is 6.04 Å². The minimum Gasteiger partial charge on any atom is -0.475 e. The Morgan fingerprint density at radius 2 is 1.67 bits per heavy atom. The minimum atomic E-state index is -5.08. The minimum absolute atomic E-state index is 0.214. The van der Waals surface area contributed by atoms with Gasteiger partial charge in [-0.1, -0.05) is 12.1 Å². The van der Waals surface area contributed by atoms with E-state index in [2.05, 4.69) is 4.74 Å². The van der Waals surface area contributed by atoms with Crippen molar-refractivity contribution in [3.63, 3.8) is 0 Å². The Hall–Kier alpha value is -4.24. The first-order chi connectivity index (χ1) is 15.4. The Balaban J connectivity index is 0.000000479. The molecular formula is C21H16F3N3O6. The van der Waals surface area contributed by atoms with Gasteiger partial charge in [-0.05, 0) is 42.3 Å². The molecule has 1 aliphatic heterocycles. The molecule has 0 saturated heterocycles. The third kappa shape index (κ3) is 5.72. The van der Waals surface area contributed by atoms with E-state index >= 15 is 0 Å². The number of methoxy groups -OCH3 is 1. The van der Waals surface area contributed by atoms with Crippen LogP contribution in [-0.4, -0.2) is 48.2 Å². The van der Waals surface area contributed by atoms with Crippen LogP contribution in [0.1, 0.15) is 31.8 Å². The summed E-state index contributed by atoms with van der Waals surface area (Å²) >= 11 is 0. The largest absolute Gasteiger partial charge is 0.490 e. The second kappa shape index (κ2) is 9.92. The maximum atomic E-state index is 12.6. The van der Waals surface area contributed by atoms with Gasteiger partial charge in [0.15, 0.2) is 0 Å². The van der Waals surface area contributed by atoms with Gasteiger partial charge in [0.25, 0.3) is 11.8 Å². The quantitative estimate of drug-likeness (QED) is 0.516. The summed E-state index contributed by atoms with van der Waals surface area (Å²) in [5.41, 5.74) is 7.71. The van der Waals surface area contributed by atoms with Crippen LogP contribution in [0.25, 0.3) is 0 Å². The Bertz CT molecular complexity index is 1140. The number of carboxylic acid groups (broad SMARTS) is 1. The number of hydrogen-bond acceptors (Lipinski definition) is 7. The number of carboxylic acids is 1. The van der Waals surface area contributed by atoms with Crippen LogP contribution in [0.5, 0.6) is 0 Å². The number of benzene rings is 2. The highest BCUT2D eigenvalue weighted by Gasteiger charge is 2.38. The second-order valence-electron chi connectivity index (χ2n) is 6.62. The summed E-state index contributed by atoms with van der Waals surface area (Å²) in [7, 11) is 1.27. The van der Waals surface area contributed by atoms with E-state index in [0.717, 1.165) is 10.5 Å². The van der Waals surface area contributed by atoms with Crippen molar-refractivity contribution in [2.75, 3.05) is 12.0 Å². The summed E-state index contributed by atoms with van der Waals surface area (Å²) in [6.07, 6.45) is -4.80. The number of rotatable bonds is 4. The third-order valence-electron chi connectivity index (χ3n) is 4.41. The zero-order valence-corrected chi connectivity index (χ0v) is 16.9. The van der Waals surface area contributed by atoms with Crippen LogP contribution in [0.15, 0.2) is 42.5 Å². The lowest BCUT2D eigenvalue weighted by Crippen LogP contribution is -2.33. The van der Waals surface area contributed by atoms with Gasteiger partial charge >= 0.3 is 18.1 Å². The predicted octanol–water partition coefficient (Wildman–Crippen LogP) is 2.03. The van der Waals surface area contributed by atoms with Crippen LogP contribution in [0, 0.1) is 11.3 Å². The van der Waals surface area contributed by atoms with Crippen molar-refractivity contribution in [2.24, 2.45) is 5.73 Å². The number of halogens is 3. The molecule has 2 aromatic rings. The number of fused-ring (bicyclic) bond motifs is 1. The number of amides is 2. The van der Waals surface area contributed by atoms with Gasteiger partial charge in [0.2, 0.25) is 0 Å². The summed E-state index contributed by atoms with van der Waals surface area (Å²) in [4.78, 5) is 46.5. The number of aliphatic carboxylic acids is 1. The monoisotopic (exact) mass is 463 g/mol. The number of nitrogens with two attached hydrogens (primary N) is 1. The fourth-order valence-electron chi connectivity index (χ4n) is 2.81. The molecule has 9 nitrogen and oxygen atoms in total. The van der Waals surface area contributed by atoms with Crippen molar-refractivity contribution in [1.82, 2.24) is 0 Å². The number of hydrogen-bond donors (Lipinski definition) is 2. The first kappa shape index (κ1) is 25.0. The molecule has 1 heterocycles. The highest BCUT2D eigenvalue weighted by atomic mass is 19.4. The van der Waals surface area contributed by atoms with Crippen molar-refractivity contribution >= 4 is 29.4 Å². The summed E-state index contributed by atoms with van der Waals surface area (Å²) in [6, 6.07) is 12.2. The molecule has 172 valence electrons. The zero-order valence-electron chi connectivity index (χ0n) is 16.9. The number of imide groups is 1. The Morgan fingerprint density at radius 3 is 2.15 bits per heavy atom. The van der Waals surface area contributed by atoms with E-state index in [1.807, 2.05) is 6.07 Å². The van der Waals surface area contributed by atoms with Gasteiger partial charge in [-0.25, -0.2) is 9.69 Å². The van der Waals surface area contributed by atoms with E-state index in [4.69, 9.17) is 20.9 Å². The average molecular weight is 463 g/mol. The van der Waals surface area contributed by atoms with E-state index in [9.17, 15) is 27.6 Å². The molecule has 3 N–H and O–H groups in total. The van der Waals surface area contributed by atoms with Crippen LogP contribution in [0.3, 0.4) is 0 Å². The van der Waals surface area contributed by atoms with Gasteiger partial charge in [0, 0.05) is 0 Å². The average Bonchev–Trinajstić information content (AvgIpc) is 3.03.